The lowest BCUT2D eigenvalue weighted by atomic mass is 10.0. The van der Waals surface area contributed by atoms with E-state index in [9.17, 15) is 5.11 Å². The molecule has 0 saturated carbocycles. The van der Waals surface area contributed by atoms with Crippen LogP contribution in [0, 0.1) is 0 Å². The number of thioether (sulfide) groups is 1. The number of hydrogen-bond donors (Lipinski definition) is 1. The molecule has 1 aromatic heterocycles. The molecule has 0 saturated heterocycles. The van der Waals surface area contributed by atoms with Crippen molar-refractivity contribution in [3.8, 4) is 5.75 Å². The smallest absolute Gasteiger partial charge is 0.151 e. The Morgan fingerprint density at radius 1 is 0.850 bits per heavy atom. The molecule has 0 bridgehead atoms. The third-order valence-electron chi connectivity index (χ3n) is 6.97. The third kappa shape index (κ3) is 9.80. The highest BCUT2D eigenvalue weighted by atomic mass is 35.5. The minimum Gasteiger partial charge on any atom is -0.506 e. The predicted molar refractivity (Wildman–Crippen MR) is 177 cm³/mol. The second-order valence-electron chi connectivity index (χ2n) is 10.3. The molecule has 0 aliphatic rings. The van der Waals surface area contributed by atoms with E-state index in [1.807, 2.05) is 18.2 Å². The molecule has 40 heavy (non-hydrogen) atoms. The molecule has 0 aliphatic carbocycles. The summed E-state index contributed by atoms with van der Waals surface area (Å²) in [5, 5.41) is 10.8. The zero-order chi connectivity index (χ0) is 28.2. The first-order chi connectivity index (χ1) is 19.5. The first-order valence-electron chi connectivity index (χ1n) is 14.3. The van der Waals surface area contributed by atoms with Crippen LogP contribution in [0.15, 0.2) is 63.9 Å². The van der Waals surface area contributed by atoms with Crippen LogP contribution in [0.2, 0.25) is 10.0 Å². The van der Waals surface area contributed by atoms with Gasteiger partial charge in [-0.25, -0.2) is 4.98 Å². The number of nitrogens with zero attached hydrogens (tertiary/aromatic N) is 2. The van der Waals surface area contributed by atoms with E-state index in [-0.39, 0.29) is 10.8 Å². The van der Waals surface area contributed by atoms with Gasteiger partial charge in [0.25, 0.3) is 0 Å². The molecule has 4 rings (SSSR count). The molecule has 212 valence electrons. The highest BCUT2D eigenvalue weighted by Gasteiger charge is 2.08. The fraction of sp³-hybridized carbons (Fsp3) is 0.394. The number of phenolic OH excluding ortho intramolecular Hbond substituents is 1. The zero-order valence-corrected chi connectivity index (χ0v) is 26.3. The van der Waals surface area contributed by atoms with Gasteiger partial charge in [0.1, 0.15) is 5.75 Å². The largest absolute Gasteiger partial charge is 0.506 e. The van der Waals surface area contributed by atoms with Crippen molar-refractivity contribution >= 4 is 68.4 Å². The Kier molecular flexibility index (Phi) is 12.7. The van der Waals surface area contributed by atoms with Gasteiger partial charge in [0, 0.05) is 22.6 Å². The van der Waals surface area contributed by atoms with Crippen LogP contribution >= 0.6 is 46.3 Å². The van der Waals surface area contributed by atoms with Gasteiger partial charge in [0.15, 0.2) is 4.34 Å². The highest BCUT2D eigenvalue weighted by Crippen LogP contribution is 2.34. The van der Waals surface area contributed by atoms with Crippen molar-refractivity contribution < 1.29 is 5.11 Å². The molecular formula is C33H38Cl2N2OS2. The number of thiazole rings is 1. The number of fused-ring (bicyclic) bond motifs is 1. The molecule has 3 aromatic carbocycles. The van der Waals surface area contributed by atoms with E-state index in [1.54, 1.807) is 35.4 Å². The quantitative estimate of drug-likeness (QED) is 0.0777. The van der Waals surface area contributed by atoms with Crippen LogP contribution in [0.4, 0.5) is 5.69 Å². The second-order valence-corrected chi connectivity index (χ2v) is 13.3. The number of aliphatic imine (C=N–C) groups is 1. The van der Waals surface area contributed by atoms with Crippen LogP contribution in [-0.4, -0.2) is 16.3 Å². The first kappa shape index (κ1) is 30.9. The van der Waals surface area contributed by atoms with Gasteiger partial charge in [-0.1, -0.05) is 124 Å². The highest BCUT2D eigenvalue weighted by molar-refractivity contribution is 8.00. The van der Waals surface area contributed by atoms with Crippen LogP contribution in [0.1, 0.15) is 87.8 Å². The lowest BCUT2D eigenvalue weighted by Gasteiger charge is -2.05. The molecule has 1 N–H and O–H groups in total. The monoisotopic (exact) mass is 612 g/mol. The van der Waals surface area contributed by atoms with E-state index in [1.165, 1.54) is 87.8 Å². The summed E-state index contributed by atoms with van der Waals surface area (Å²) >= 11 is 15.5. The summed E-state index contributed by atoms with van der Waals surface area (Å²) in [4.78, 5) is 9.29. The zero-order valence-electron chi connectivity index (χ0n) is 23.2. The van der Waals surface area contributed by atoms with Crippen LogP contribution in [0.5, 0.6) is 5.75 Å². The molecule has 3 nitrogen and oxygen atoms in total. The fourth-order valence-electron chi connectivity index (χ4n) is 4.63. The number of aromatic nitrogens is 1. The van der Waals surface area contributed by atoms with Crippen molar-refractivity contribution in [1.29, 1.82) is 0 Å². The summed E-state index contributed by atoms with van der Waals surface area (Å²) in [7, 11) is 0. The van der Waals surface area contributed by atoms with Gasteiger partial charge in [-0.15, -0.1) is 11.3 Å². The van der Waals surface area contributed by atoms with Crippen LogP contribution in [-0.2, 0) is 12.2 Å². The van der Waals surface area contributed by atoms with Crippen molar-refractivity contribution in [1.82, 2.24) is 4.98 Å². The third-order valence-corrected chi connectivity index (χ3v) is 9.71. The van der Waals surface area contributed by atoms with Crippen LogP contribution in [0.3, 0.4) is 0 Å². The molecule has 0 fully saturated rings. The molecule has 0 radical (unpaired) electrons. The fourth-order valence-corrected chi connectivity index (χ4v) is 7.19. The average molecular weight is 614 g/mol. The standard InChI is InChI=1S/C33H38Cl2N2OS2/c1-2-3-4-5-6-7-8-9-10-11-12-24-13-15-25(16-14-24)23-39-33-37-30-18-17-28(21-31(30)40-33)36-22-26-19-27(34)20-29(35)32(26)38/h13-22,38H,2-12,23H2,1H3. The van der Waals surface area contributed by atoms with Gasteiger partial charge < -0.3 is 5.11 Å². The van der Waals surface area contributed by atoms with Gasteiger partial charge in [0.05, 0.1) is 20.9 Å². The summed E-state index contributed by atoms with van der Waals surface area (Å²) in [6.07, 6.45) is 16.5. The Labute approximate surface area is 257 Å². The van der Waals surface area contributed by atoms with Crippen molar-refractivity contribution in [2.45, 2.75) is 87.6 Å². The van der Waals surface area contributed by atoms with Gasteiger partial charge in [0.2, 0.25) is 0 Å². The summed E-state index contributed by atoms with van der Waals surface area (Å²) in [5.41, 5.74) is 4.98. The summed E-state index contributed by atoms with van der Waals surface area (Å²) in [5.74, 6) is 0.872. The van der Waals surface area contributed by atoms with E-state index >= 15 is 0 Å². The summed E-state index contributed by atoms with van der Waals surface area (Å²) in [6.45, 7) is 2.28. The average Bonchev–Trinajstić information content (AvgIpc) is 3.37. The SMILES string of the molecule is CCCCCCCCCCCCc1ccc(CSc2nc3ccc(N=Cc4cc(Cl)cc(Cl)c4O)cc3s2)cc1. The number of aryl methyl sites for hydroxylation is 1. The van der Waals surface area contributed by atoms with Gasteiger partial charge in [-0.3, -0.25) is 4.99 Å². The number of aromatic hydroxyl groups is 1. The number of phenols is 1. The molecule has 1 heterocycles. The Bertz CT molecular complexity index is 1390. The minimum atomic E-state index is -0.0285. The van der Waals surface area contributed by atoms with Crippen molar-refractivity contribution in [3.05, 3.63) is 81.3 Å². The van der Waals surface area contributed by atoms with E-state index in [0.717, 1.165) is 26.0 Å². The topological polar surface area (TPSA) is 45.5 Å². The number of halogens is 2. The predicted octanol–water partition coefficient (Wildman–Crippen LogP) is 11.8. The van der Waals surface area contributed by atoms with Crippen molar-refractivity contribution in [2.75, 3.05) is 0 Å². The van der Waals surface area contributed by atoms with E-state index in [4.69, 9.17) is 28.2 Å². The second kappa shape index (κ2) is 16.4. The Balaban J connectivity index is 1.21. The number of benzene rings is 3. The molecular weight excluding hydrogens is 575 g/mol. The summed E-state index contributed by atoms with van der Waals surface area (Å²) in [6, 6.07) is 18.2. The maximum Gasteiger partial charge on any atom is 0.151 e. The normalized spacial score (nSPS) is 11.7. The van der Waals surface area contributed by atoms with Crippen LogP contribution < -0.4 is 0 Å². The van der Waals surface area contributed by atoms with E-state index < -0.39 is 0 Å². The maximum atomic E-state index is 10.2. The Morgan fingerprint density at radius 2 is 1.52 bits per heavy atom. The number of rotatable bonds is 16. The summed E-state index contributed by atoms with van der Waals surface area (Å²) < 4.78 is 2.13. The minimum absolute atomic E-state index is 0.0285. The molecule has 7 heteroatoms. The van der Waals surface area contributed by atoms with Crippen molar-refractivity contribution in [2.24, 2.45) is 4.99 Å². The molecule has 0 atom stereocenters. The Hall–Kier alpha value is -2.05. The first-order valence-corrected chi connectivity index (χ1v) is 16.9. The van der Waals surface area contributed by atoms with E-state index in [0.29, 0.717) is 10.6 Å². The number of hydrogen-bond acceptors (Lipinski definition) is 5. The van der Waals surface area contributed by atoms with Crippen molar-refractivity contribution in [3.63, 3.8) is 0 Å². The van der Waals surface area contributed by atoms with Crippen LogP contribution in [0.25, 0.3) is 10.2 Å². The van der Waals surface area contributed by atoms with Gasteiger partial charge >= 0.3 is 0 Å². The Morgan fingerprint density at radius 3 is 2.25 bits per heavy atom. The van der Waals surface area contributed by atoms with E-state index in [2.05, 4.69) is 36.2 Å². The molecule has 0 amide bonds. The molecule has 0 unspecified atom stereocenters. The molecule has 0 spiro atoms. The lowest BCUT2D eigenvalue weighted by Crippen LogP contribution is -1.88. The van der Waals surface area contributed by atoms with Gasteiger partial charge in [-0.05, 0) is 54.3 Å². The maximum absolute atomic E-state index is 10.2. The number of unbranched alkanes of at least 4 members (excludes halogenated alkanes) is 9. The molecule has 4 aromatic rings. The van der Waals surface area contributed by atoms with Gasteiger partial charge in [-0.2, -0.15) is 0 Å². The molecule has 0 aliphatic heterocycles. The lowest BCUT2D eigenvalue weighted by molar-refractivity contribution is 0.475.